The van der Waals surface area contributed by atoms with Gasteiger partial charge in [-0.1, -0.05) is 279 Å². The van der Waals surface area contributed by atoms with E-state index in [1.54, 1.807) is 0 Å². The Kier molecular flexibility index (Phi) is 24.3. The first-order valence-corrected chi connectivity index (χ1v) is 40.2. The number of fused-ring (bicyclic) bond motifs is 3. The van der Waals surface area contributed by atoms with Gasteiger partial charge in [0, 0.05) is 22.2 Å². The van der Waals surface area contributed by atoms with Gasteiger partial charge in [0.1, 0.15) is 34.2 Å². The van der Waals surface area contributed by atoms with Crippen LogP contribution in [0.4, 0.5) is 0 Å². The van der Waals surface area contributed by atoms with Crippen LogP contribution in [-0.2, 0) is 0 Å². The molecule has 0 amide bonds. The van der Waals surface area contributed by atoms with Crippen LogP contribution in [0.15, 0.2) is 215 Å². The highest BCUT2D eigenvalue weighted by Gasteiger charge is 2.39. The predicted molar refractivity (Wildman–Crippen MR) is 461 cm³/mol. The Hall–Kier alpha value is -10.0. The summed E-state index contributed by atoms with van der Waals surface area (Å²) in [5, 5.41) is 15.2. The van der Waals surface area contributed by atoms with Crippen molar-refractivity contribution in [3.05, 3.63) is 251 Å². The van der Waals surface area contributed by atoms with Crippen LogP contribution in [0.5, 0.6) is 11.5 Å². The molecule has 8 aromatic carbocycles. The van der Waals surface area contributed by atoms with E-state index in [-0.39, 0.29) is 44.7 Å². The molecule has 0 bridgehead atoms. The fourth-order valence-electron chi connectivity index (χ4n) is 17.6. The number of nitrogens with zero attached hydrogens (tertiary/aromatic N) is 6. The fraction of sp³-hybridized carbons (Fsp3) is 0.388. The van der Waals surface area contributed by atoms with Crippen molar-refractivity contribution < 1.29 is 18.3 Å². The van der Waals surface area contributed by atoms with Crippen molar-refractivity contribution in [3.63, 3.8) is 0 Å². The Labute approximate surface area is 656 Å². The summed E-state index contributed by atoms with van der Waals surface area (Å²) in [6.45, 7) is 51.7. The van der Waals surface area contributed by atoms with Gasteiger partial charge in [-0.2, -0.15) is 5.26 Å². The molecule has 0 saturated carbocycles. The van der Waals surface area contributed by atoms with Gasteiger partial charge in [-0.15, -0.1) is 0 Å². The molecule has 0 aliphatic rings. The number of rotatable bonds is 28. The lowest BCUT2D eigenvalue weighted by Crippen LogP contribution is -2.54. The van der Waals surface area contributed by atoms with E-state index in [0.717, 1.165) is 118 Å². The van der Waals surface area contributed by atoms with Crippen LogP contribution >= 0.6 is 0 Å². The largest absolute Gasteiger partial charge is 0.493 e. The summed E-state index contributed by atoms with van der Waals surface area (Å²) in [6, 6.07) is 74.1. The second kappa shape index (κ2) is 33.7. The predicted octanol–water partition coefficient (Wildman–Crippen LogP) is 21.6. The zero-order chi connectivity index (χ0) is 78.4. The number of aromatic nitrogens is 4. The maximum Gasteiger partial charge on any atom is 0.328 e. The third-order valence-corrected chi connectivity index (χ3v) is 22.0. The SMILES string of the molecule is [C-]#[N+]/C(c1nc2cc(C)ccc2o1)=c1\c2c(-c3ccc(OCC(CCC(C)CC(C)(C)C)C(C)CC(C)(C)C)cc3)n(B(c3ccccc3)c3ccccc3)/c(=C(/C#N)c3nc4cc(C)ccc4o3)c2c(-c2ccc(OCC(CCC(C)CC(C)(C)C)C(C)CC(C)(C)C)cc2)n1B(c1ccccc1)c1ccccc1. The van der Waals surface area contributed by atoms with E-state index in [1.807, 2.05) is 74.5 Å². The molecule has 6 atom stereocenters. The summed E-state index contributed by atoms with van der Waals surface area (Å²) in [7, 11) is 0. The molecule has 6 unspecified atom stereocenters. The van der Waals surface area contributed by atoms with Crippen molar-refractivity contribution in [1.29, 1.82) is 5.26 Å². The van der Waals surface area contributed by atoms with Gasteiger partial charge in [0.25, 0.3) is 5.70 Å². The molecule has 0 radical (unpaired) electrons. The van der Waals surface area contributed by atoms with E-state index in [9.17, 15) is 11.8 Å². The number of ether oxygens (including phenoxy) is 2. The van der Waals surface area contributed by atoms with Crippen molar-refractivity contribution in [3.8, 4) is 40.1 Å². The highest BCUT2D eigenvalue weighted by Crippen LogP contribution is 2.41. The fourth-order valence-corrected chi connectivity index (χ4v) is 17.6. The van der Waals surface area contributed by atoms with Gasteiger partial charge >= 0.3 is 13.7 Å². The van der Waals surface area contributed by atoms with Crippen LogP contribution in [0, 0.1) is 88.9 Å². The maximum atomic E-state index is 12.7. The third-order valence-electron chi connectivity index (χ3n) is 22.0. The van der Waals surface area contributed by atoms with Gasteiger partial charge in [-0.25, -0.2) is 14.8 Å². The Morgan fingerprint density at radius 3 is 1.15 bits per heavy atom. The Morgan fingerprint density at radius 1 is 0.455 bits per heavy atom. The van der Waals surface area contributed by atoms with Crippen LogP contribution < -0.4 is 42.0 Å². The molecule has 0 spiro atoms. The van der Waals surface area contributed by atoms with Crippen molar-refractivity contribution >= 4 is 79.8 Å². The van der Waals surface area contributed by atoms with Crippen molar-refractivity contribution in [2.75, 3.05) is 13.2 Å². The molecule has 0 aliphatic heterocycles. The minimum absolute atomic E-state index is 0.149. The smallest absolute Gasteiger partial charge is 0.328 e. The quantitative estimate of drug-likeness (QED) is 0.0355. The molecule has 110 heavy (non-hydrogen) atoms. The average molecular weight is 1460 g/mol. The van der Waals surface area contributed by atoms with E-state index in [1.165, 1.54) is 0 Å². The number of hydrogen-bond donors (Lipinski definition) is 0. The number of benzene rings is 8. The monoisotopic (exact) mass is 1460 g/mol. The molecule has 10 nitrogen and oxygen atoms in total. The first-order valence-electron chi connectivity index (χ1n) is 40.2. The van der Waals surface area contributed by atoms with E-state index < -0.39 is 13.7 Å². The molecule has 12 aromatic rings. The molecule has 4 heterocycles. The number of nitriles is 1. The number of oxazole rings is 2. The summed E-state index contributed by atoms with van der Waals surface area (Å²) in [6.07, 6.45) is 8.88. The molecule has 0 saturated heterocycles. The molecule has 0 fully saturated rings. The molecule has 4 aromatic heterocycles. The van der Waals surface area contributed by atoms with E-state index in [0.29, 0.717) is 92.4 Å². The molecule has 566 valence electrons. The summed E-state index contributed by atoms with van der Waals surface area (Å²) in [5.74, 6) is 4.46. The Morgan fingerprint density at radius 2 is 0.800 bits per heavy atom. The Balaban J connectivity index is 1.23. The standard InChI is InChI=1S/C98H114B2N6O4/c1-65-42-54-84-82(56-65)103-93(109-84)81(62-101)91-86-87(90(105(91)99(75-32-24-20-25-33-75)76-34-26-21-27-35-76)72-48-52-80(53-49-72)108-64-74(70(6)61-98(16,17)18)45-41-68(4)59-96(10,11)12)92(88(102-19)94-104-83-57-66(2)43-55-85(83)110-94)106(100(77-36-28-22-29-37-77)78-38-30-23-31-39-78)89(86)71-46-50-79(51-47-71)107-63-73(69(5)60-97(13,14)15)44-40-67(3)58-95(7,8)9/h20-39,42-43,46-57,67-70,73-74H,40-41,44-45,58-61,63-64H2,1-18H3/b91-81-,92-88+. The first kappa shape index (κ1) is 79.5. The first-order chi connectivity index (χ1) is 52.4. The lowest BCUT2D eigenvalue weighted by molar-refractivity contribution is 0.147. The van der Waals surface area contributed by atoms with Gasteiger partial charge in [0.2, 0.25) is 11.8 Å². The third kappa shape index (κ3) is 19.0. The lowest BCUT2D eigenvalue weighted by atomic mass is 9.50. The van der Waals surface area contributed by atoms with E-state index >= 15 is 0 Å². The van der Waals surface area contributed by atoms with Crippen LogP contribution in [-0.4, -0.2) is 45.8 Å². The highest BCUT2D eigenvalue weighted by atomic mass is 16.5. The average Bonchev–Trinajstić information content (AvgIpc) is 1.52. The van der Waals surface area contributed by atoms with Crippen LogP contribution in [0.2, 0.25) is 0 Å². The van der Waals surface area contributed by atoms with Crippen molar-refractivity contribution in [1.82, 2.24) is 18.9 Å². The zero-order valence-corrected chi connectivity index (χ0v) is 68.6. The summed E-state index contributed by atoms with van der Waals surface area (Å²) in [4.78, 5) is 15.4. The normalized spacial score (nSPS) is 14.5. The van der Waals surface area contributed by atoms with E-state index in [4.69, 9.17) is 33.1 Å². The van der Waals surface area contributed by atoms with Gasteiger partial charge in [0.15, 0.2) is 11.2 Å². The number of hydrogen-bond acceptors (Lipinski definition) is 7. The van der Waals surface area contributed by atoms with Gasteiger partial charge in [-0.05, 0) is 205 Å². The zero-order valence-electron chi connectivity index (χ0n) is 68.6. The summed E-state index contributed by atoms with van der Waals surface area (Å²) < 4.78 is 33.0. The lowest BCUT2D eigenvalue weighted by Gasteiger charge is -2.31. The Bertz CT molecular complexity index is 4910. The molecule has 0 N–H and O–H groups in total. The van der Waals surface area contributed by atoms with Gasteiger partial charge < -0.3 is 27.3 Å². The molecular formula is C98H114B2N6O4. The summed E-state index contributed by atoms with van der Waals surface area (Å²) >= 11 is 0. The second-order valence-corrected chi connectivity index (χ2v) is 36.8. The highest BCUT2D eigenvalue weighted by molar-refractivity contribution is 6.85. The topological polar surface area (TPSA) is 109 Å². The van der Waals surface area contributed by atoms with Crippen molar-refractivity contribution in [2.45, 2.75) is 176 Å². The van der Waals surface area contributed by atoms with Gasteiger partial charge in [-0.3, -0.25) is 0 Å². The molecular weight excluding hydrogens is 1350 g/mol. The van der Waals surface area contributed by atoms with Gasteiger partial charge in [0.05, 0.1) is 30.5 Å². The number of aryl methyl sites for hydroxylation is 2. The minimum Gasteiger partial charge on any atom is -0.493 e. The summed E-state index contributed by atoms with van der Waals surface area (Å²) in [5.41, 5.74) is 12.5. The van der Waals surface area contributed by atoms with Crippen LogP contribution in [0.1, 0.15) is 185 Å². The van der Waals surface area contributed by atoms with Crippen LogP contribution in [0.3, 0.4) is 0 Å². The second-order valence-electron chi connectivity index (χ2n) is 36.8. The van der Waals surface area contributed by atoms with E-state index in [2.05, 4.69) is 271 Å². The molecule has 12 rings (SSSR count). The minimum atomic E-state index is -0.621. The molecule has 0 aliphatic carbocycles. The molecule has 12 heteroatoms. The maximum absolute atomic E-state index is 12.7. The van der Waals surface area contributed by atoms with Crippen molar-refractivity contribution in [2.24, 2.45) is 57.2 Å². The van der Waals surface area contributed by atoms with Crippen LogP contribution in [0.25, 0.3) is 71.6 Å².